The number of hydrogen-bond acceptors (Lipinski definition) is 5. The van der Waals surface area contributed by atoms with Crippen LogP contribution < -0.4 is 5.32 Å². The molecule has 1 heterocycles. The van der Waals surface area contributed by atoms with Crippen LogP contribution in [0.5, 0.6) is 0 Å². The van der Waals surface area contributed by atoms with E-state index in [1.807, 2.05) is 12.1 Å². The second-order valence-electron chi connectivity index (χ2n) is 6.23. The Labute approximate surface area is 168 Å². The number of benzene rings is 1. The predicted molar refractivity (Wildman–Crippen MR) is 105 cm³/mol. The molecule has 1 amide bonds. The molecule has 0 unspecified atom stereocenters. The summed E-state index contributed by atoms with van der Waals surface area (Å²) in [6.45, 7) is 6.51. The van der Waals surface area contributed by atoms with Gasteiger partial charge in [-0.15, -0.1) is 0 Å². The molecule has 2 rings (SSSR count). The van der Waals surface area contributed by atoms with Gasteiger partial charge >= 0.3 is 11.9 Å². The summed E-state index contributed by atoms with van der Waals surface area (Å²) in [7, 11) is 0. The topological polar surface area (TPSA) is 97.5 Å². The molecule has 1 aromatic heterocycles. The molecule has 0 fully saturated rings. The lowest BCUT2D eigenvalue weighted by molar-refractivity contribution is -0.124. The maximum atomic E-state index is 12.4. The van der Waals surface area contributed by atoms with Crippen LogP contribution in [0.25, 0.3) is 0 Å². The summed E-state index contributed by atoms with van der Waals surface area (Å²) in [5.41, 5.74) is 2.07. The third-order valence-electron chi connectivity index (χ3n) is 4.20. The molecular formula is C20H23ClN2O5. The number of aryl methyl sites for hydroxylation is 1. The van der Waals surface area contributed by atoms with Gasteiger partial charge in [-0.3, -0.25) is 4.79 Å². The molecule has 0 saturated carbocycles. The van der Waals surface area contributed by atoms with Gasteiger partial charge in [-0.1, -0.05) is 29.8 Å². The standard InChI is InChI=1S/C20H23ClN2O5/c1-5-27-20(26)18-11(2)17(13(4)23-18)19(25)28-10-16(24)22-12(3)14-8-6-7-9-15(14)21/h6-9,12,23H,5,10H2,1-4H3,(H,22,24)/t12-/m1/s1. The molecule has 2 aromatic rings. The molecule has 2 N–H and O–H groups in total. The minimum atomic E-state index is -0.692. The van der Waals surface area contributed by atoms with Crippen LogP contribution in [0.1, 0.15) is 57.6 Å². The lowest BCUT2D eigenvalue weighted by Crippen LogP contribution is -2.31. The minimum absolute atomic E-state index is 0.197. The van der Waals surface area contributed by atoms with Crippen LogP contribution in [0, 0.1) is 13.8 Å². The zero-order valence-electron chi connectivity index (χ0n) is 16.2. The molecule has 0 saturated heterocycles. The van der Waals surface area contributed by atoms with Gasteiger partial charge in [0.15, 0.2) is 6.61 Å². The van der Waals surface area contributed by atoms with Crippen LogP contribution in [-0.2, 0) is 14.3 Å². The van der Waals surface area contributed by atoms with Crippen molar-refractivity contribution >= 4 is 29.4 Å². The van der Waals surface area contributed by atoms with Crippen molar-refractivity contribution < 1.29 is 23.9 Å². The van der Waals surface area contributed by atoms with Gasteiger partial charge in [0, 0.05) is 10.7 Å². The number of carbonyl (C=O) groups is 3. The van der Waals surface area contributed by atoms with Crippen LogP contribution in [0.4, 0.5) is 0 Å². The molecular weight excluding hydrogens is 384 g/mol. The first-order valence-corrected chi connectivity index (χ1v) is 9.21. The molecule has 0 aliphatic carbocycles. The van der Waals surface area contributed by atoms with Gasteiger partial charge < -0.3 is 19.8 Å². The SMILES string of the molecule is CCOC(=O)c1[nH]c(C)c(C(=O)OCC(=O)N[C@H](C)c2ccccc2Cl)c1C. The smallest absolute Gasteiger partial charge is 0.355 e. The fourth-order valence-corrected chi connectivity index (χ4v) is 3.15. The number of ether oxygens (including phenoxy) is 2. The van der Waals surface area contributed by atoms with Gasteiger partial charge in [-0.2, -0.15) is 0 Å². The van der Waals surface area contributed by atoms with Gasteiger partial charge in [0.2, 0.25) is 0 Å². The molecule has 150 valence electrons. The summed E-state index contributed by atoms with van der Waals surface area (Å²) in [6.07, 6.45) is 0. The highest BCUT2D eigenvalue weighted by molar-refractivity contribution is 6.31. The van der Waals surface area contributed by atoms with Crippen molar-refractivity contribution in [1.29, 1.82) is 0 Å². The van der Waals surface area contributed by atoms with Crippen molar-refractivity contribution in [1.82, 2.24) is 10.3 Å². The Bertz CT molecular complexity index is 891. The lowest BCUT2D eigenvalue weighted by Gasteiger charge is -2.15. The quantitative estimate of drug-likeness (QED) is 0.686. The summed E-state index contributed by atoms with van der Waals surface area (Å²) in [5, 5.41) is 3.27. The van der Waals surface area contributed by atoms with E-state index in [0.29, 0.717) is 16.3 Å². The Balaban J connectivity index is 1.99. The number of nitrogens with one attached hydrogen (secondary N) is 2. The van der Waals surface area contributed by atoms with Crippen LogP contribution >= 0.6 is 11.6 Å². The Hall–Kier alpha value is -2.80. The summed E-state index contributed by atoms with van der Waals surface area (Å²) in [4.78, 5) is 39.3. The van der Waals surface area contributed by atoms with Gasteiger partial charge in [-0.05, 0) is 44.9 Å². The number of halogens is 1. The van der Waals surface area contributed by atoms with Crippen LogP contribution in [-0.4, -0.2) is 36.0 Å². The zero-order chi connectivity index (χ0) is 20.8. The fourth-order valence-electron chi connectivity index (χ4n) is 2.85. The molecule has 0 aliphatic rings. The van der Waals surface area contributed by atoms with E-state index in [1.54, 1.807) is 39.8 Å². The maximum absolute atomic E-state index is 12.4. The van der Waals surface area contributed by atoms with E-state index >= 15 is 0 Å². The summed E-state index contributed by atoms with van der Waals surface area (Å²) in [6, 6.07) is 6.82. The Morgan fingerprint density at radius 1 is 1.14 bits per heavy atom. The lowest BCUT2D eigenvalue weighted by atomic mass is 10.1. The first-order valence-electron chi connectivity index (χ1n) is 8.83. The fraction of sp³-hybridized carbons (Fsp3) is 0.350. The maximum Gasteiger partial charge on any atom is 0.355 e. The second-order valence-corrected chi connectivity index (χ2v) is 6.64. The zero-order valence-corrected chi connectivity index (χ0v) is 17.0. The van der Waals surface area contributed by atoms with Crippen molar-refractivity contribution in [3.05, 3.63) is 57.4 Å². The number of hydrogen-bond donors (Lipinski definition) is 2. The Morgan fingerprint density at radius 3 is 2.46 bits per heavy atom. The third kappa shape index (κ3) is 4.92. The van der Waals surface area contributed by atoms with Crippen molar-refractivity contribution in [2.45, 2.75) is 33.7 Å². The van der Waals surface area contributed by atoms with Crippen molar-refractivity contribution in [3.8, 4) is 0 Å². The van der Waals surface area contributed by atoms with Gasteiger partial charge in [0.25, 0.3) is 5.91 Å². The molecule has 8 heteroatoms. The average Bonchev–Trinajstić information content (AvgIpc) is 2.94. The minimum Gasteiger partial charge on any atom is -0.461 e. The van der Waals surface area contributed by atoms with Crippen molar-refractivity contribution in [2.75, 3.05) is 13.2 Å². The predicted octanol–water partition coefficient (Wildman–Crippen LogP) is 3.50. The number of aromatic nitrogens is 1. The third-order valence-corrected chi connectivity index (χ3v) is 4.55. The van der Waals surface area contributed by atoms with E-state index < -0.39 is 24.5 Å². The normalized spacial score (nSPS) is 11.6. The van der Waals surface area contributed by atoms with Crippen molar-refractivity contribution in [2.24, 2.45) is 0 Å². The first-order chi connectivity index (χ1) is 13.3. The summed E-state index contributed by atoms with van der Waals surface area (Å²) in [5.74, 6) is -1.70. The van der Waals surface area contributed by atoms with Crippen LogP contribution in [0.3, 0.4) is 0 Å². The van der Waals surface area contributed by atoms with Gasteiger partial charge in [0.05, 0.1) is 18.2 Å². The van der Waals surface area contributed by atoms with Crippen LogP contribution in [0.2, 0.25) is 5.02 Å². The highest BCUT2D eigenvalue weighted by Gasteiger charge is 2.24. The van der Waals surface area contributed by atoms with E-state index in [2.05, 4.69) is 10.3 Å². The Kier molecular flexibility index (Phi) is 7.23. The largest absolute Gasteiger partial charge is 0.461 e. The highest BCUT2D eigenvalue weighted by Crippen LogP contribution is 2.22. The molecule has 1 atom stereocenters. The number of carbonyl (C=O) groups excluding carboxylic acids is 3. The average molecular weight is 407 g/mol. The molecule has 28 heavy (non-hydrogen) atoms. The molecule has 0 spiro atoms. The monoisotopic (exact) mass is 406 g/mol. The number of rotatable bonds is 7. The number of amides is 1. The first kappa shape index (κ1) is 21.5. The Morgan fingerprint density at radius 2 is 1.82 bits per heavy atom. The second kappa shape index (κ2) is 9.41. The number of aromatic amines is 1. The number of H-pyrrole nitrogens is 1. The summed E-state index contributed by atoms with van der Waals surface area (Å²) < 4.78 is 10.1. The molecule has 0 radical (unpaired) electrons. The van der Waals surface area contributed by atoms with Gasteiger partial charge in [-0.25, -0.2) is 9.59 Å². The van der Waals surface area contributed by atoms with Gasteiger partial charge in [0.1, 0.15) is 5.69 Å². The molecule has 7 nitrogen and oxygen atoms in total. The molecule has 0 bridgehead atoms. The van der Waals surface area contributed by atoms with Crippen molar-refractivity contribution in [3.63, 3.8) is 0 Å². The summed E-state index contributed by atoms with van der Waals surface area (Å²) >= 11 is 6.12. The highest BCUT2D eigenvalue weighted by atomic mass is 35.5. The molecule has 0 aliphatic heterocycles. The number of esters is 2. The van der Waals surface area contributed by atoms with E-state index in [-0.39, 0.29) is 23.9 Å². The van der Waals surface area contributed by atoms with E-state index in [4.69, 9.17) is 21.1 Å². The van der Waals surface area contributed by atoms with E-state index in [1.165, 1.54) is 0 Å². The van der Waals surface area contributed by atoms with E-state index in [0.717, 1.165) is 5.56 Å². The molecule has 1 aromatic carbocycles. The van der Waals surface area contributed by atoms with Crippen LogP contribution in [0.15, 0.2) is 24.3 Å². The van der Waals surface area contributed by atoms with E-state index in [9.17, 15) is 14.4 Å².